The number of nitrogens with zero attached hydrogens (tertiary/aromatic N) is 4. The van der Waals surface area contributed by atoms with Crippen molar-refractivity contribution in [2.24, 2.45) is 12.2 Å². The van der Waals surface area contributed by atoms with E-state index in [4.69, 9.17) is 14.3 Å². The standard InChI is InChI=1S/C24H24F6N4O4/c1-20(2,3)37-19(35)34-11-21(12-34)15-6-5-13(7-14(15)10-36-21)16-9-22(38-32-16,24(28,29)30)18-8-17(23(25,26)27)31-33(18)4/h5-8H,9-12H2,1-4H3. The van der Waals surface area contributed by atoms with Gasteiger partial charge in [0.25, 0.3) is 5.60 Å². The third-order valence-corrected chi connectivity index (χ3v) is 6.75. The third-order valence-electron chi connectivity index (χ3n) is 6.75. The summed E-state index contributed by atoms with van der Waals surface area (Å²) in [6.07, 6.45) is -11.3. The second kappa shape index (κ2) is 8.10. The van der Waals surface area contributed by atoms with E-state index < -0.39 is 53.1 Å². The molecule has 4 heterocycles. The summed E-state index contributed by atoms with van der Waals surface area (Å²) < 4.78 is 94.1. The summed E-state index contributed by atoms with van der Waals surface area (Å²) in [5.41, 5.74) is -5.05. The van der Waals surface area contributed by atoms with Crippen molar-refractivity contribution in [3.05, 3.63) is 52.3 Å². The topological polar surface area (TPSA) is 78.2 Å². The molecule has 1 amide bonds. The van der Waals surface area contributed by atoms with Crippen LogP contribution in [0.1, 0.15) is 55.3 Å². The molecular weight excluding hydrogens is 522 g/mol. The van der Waals surface area contributed by atoms with Crippen LogP contribution in [0.2, 0.25) is 0 Å². The highest BCUT2D eigenvalue weighted by molar-refractivity contribution is 6.02. The maximum absolute atomic E-state index is 14.3. The average molecular weight is 546 g/mol. The van der Waals surface area contributed by atoms with E-state index in [0.29, 0.717) is 21.9 Å². The molecule has 2 aromatic rings. The number of halogens is 6. The molecule has 1 unspecified atom stereocenters. The number of rotatable bonds is 2. The van der Waals surface area contributed by atoms with Gasteiger partial charge in [0, 0.05) is 7.05 Å². The molecule has 0 N–H and O–H groups in total. The Bertz CT molecular complexity index is 1320. The molecule has 0 radical (unpaired) electrons. The molecule has 14 heteroatoms. The number of benzene rings is 1. The predicted octanol–water partition coefficient (Wildman–Crippen LogP) is 5.00. The lowest BCUT2D eigenvalue weighted by molar-refractivity contribution is -0.278. The van der Waals surface area contributed by atoms with Gasteiger partial charge in [-0.05, 0) is 49.6 Å². The second-order valence-electron chi connectivity index (χ2n) is 10.7. The van der Waals surface area contributed by atoms with Gasteiger partial charge in [-0.1, -0.05) is 17.3 Å². The molecule has 206 valence electrons. The van der Waals surface area contributed by atoms with E-state index in [9.17, 15) is 31.1 Å². The van der Waals surface area contributed by atoms with E-state index in [1.807, 2.05) is 0 Å². The summed E-state index contributed by atoms with van der Waals surface area (Å²) in [5, 5.41) is 6.85. The van der Waals surface area contributed by atoms with Crippen molar-refractivity contribution < 1.29 is 45.4 Å². The van der Waals surface area contributed by atoms with Crippen LogP contribution >= 0.6 is 0 Å². The fourth-order valence-electron chi connectivity index (χ4n) is 4.92. The highest BCUT2D eigenvalue weighted by atomic mass is 19.4. The monoisotopic (exact) mass is 546 g/mol. The minimum Gasteiger partial charge on any atom is -0.444 e. The molecule has 3 aliphatic rings. The van der Waals surface area contributed by atoms with Crippen molar-refractivity contribution in [2.75, 3.05) is 13.1 Å². The summed E-state index contributed by atoms with van der Waals surface area (Å²) >= 11 is 0. The van der Waals surface area contributed by atoms with Crippen molar-refractivity contribution in [1.29, 1.82) is 0 Å². The Hall–Kier alpha value is -3.29. The Balaban J connectivity index is 1.37. The smallest absolute Gasteiger partial charge is 0.437 e. The van der Waals surface area contributed by atoms with E-state index in [1.165, 1.54) is 4.90 Å². The minimum atomic E-state index is -5.09. The van der Waals surface area contributed by atoms with Crippen molar-refractivity contribution in [3.63, 3.8) is 0 Å². The Morgan fingerprint density at radius 3 is 2.34 bits per heavy atom. The minimum absolute atomic E-state index is 0.0789. The molecule has 38 heavy (non-hydrogen) atoms. The van der Waals surface area contributed by atoms with Gasteiger partial charge in [0.15, 0.2) is 5.69 Å². The number of alkyl halides is 6. The quantitative estimate of drug-likeness (QED) is 0.496. The van der Waals surface area contributed by atoms with Crippen LogP contribution in [-0.4, -0.2) is 51.4 Å². The predicted molar refractivity (Wildman–Crippen MR) is 119 cm³/mol. The molecule has 1 saturated heterocycles. The SMILES string of the molecule is Cn1nc(C(F)(F)F)cc1C1(C(F)(F)F)CC(c2ccc3c(c2)COC32CN(C(=O)OC(C)(C)C)C2)=NO1. The molecule has 1 aromatic carbocycles. The maximum Gasteiger partial charge on any atom is 0.437 e. The summed E-state index contributed by atoms with van der Waals surface area (Å²) in [6, 6.07) is 5.22. The fourth-order valence-corrected chi connectivity index (χ4v) is 4.92. The number of aromatic nitrogens is 2. The normalized spacial score (nSPS) is 22.7. The van der Waals surface area contributed by atoms with Gasteiger partial charge in [0.05, 0.1) is 37.5 Å². The number of fused-ring (bicyclic) bond motifs is 2. The molecule has 1 spiro atoms. The van der Waals surface area contributed by atoms with Crippen LogP contribution in [0, 0.1) is 0 Å². The zero-order chi connectivity index (χ0) is 27.9. The largest absolute Gasteiger partial charge is 0.444 e. The van der Waals surface area contributed by atoms with Gasteiger partial charge in [-0.3, -0.25) is 4.68 Å². The summed E-state index contributed by atoms with van der Waals surface area (Å²) in [6.45, 7) is 5.97. The number of amides is 1. The Morgan fingerprint density at radius 1 is 1.08 bits per heavy atom. The zero-order valence-electron chi connectivity index (χ0n) is 20.8. The summed E-state index contributed by atoms with van der Waals surface area (Å²) in [5.74, 6) is 0. The van der Waals surface area contributed by atoms with Gasteiger partial charge in [-0.25, -0.2) is 4.79 Å². The molecular formula is C24H24F6N4O4. The van der Waals surface area contributed by atoms with Gasteiger partial charge in [-0.15, -0.1) is 0 Å². The van der Waals surface area contributed by atoms with Crippen LogP contribution in [0.15, 0.2) is 29.4 Å². The molecule has 5 rings (SSSR count). The first-order chi connectivity index (χ1) is 17.4. The van der Waals surface area contributed by atoms with E-state index >= 15 is 0 Å². The molecule has 8 nitrogen and oxygen atoms in total. The zero-order valence-corrected chi connectivity index (χ0v) is 20.8. The van der Waals surface area contributed by atoms with E-state index in [2.05, 4.69) is 10.3 Å². The number of hydrogen-bond donors (Lipinski definition) is 0. The van der Waals surface area contributed by atoms with Crippen LogP contribution in [0.4, 0.5) is 31.1 Å². The van der Waals surface area contributed by atoms with E-state index in [0.717, 1.165) is 12.6 Å². The lowest BCUT2D eigenvalue weighted by Gasteiger charge is -2.47. The van der Waals surface area contributed by atoms with Crippen molar-refractivity contribution in [3.8, 4) is 0 Å². The van der Waals surface area contributed by atoms with E-state index in [-0.39, 0.29) is 25.4 Å². The van der Waals surface area contributed by atoms with Crippen molar-refractivity contribution >= 4 is 11.8 Å². The number of carbonyl (C=O) groups excluding carboxylic acids is 1. The summed E-state index contributed by atoms with van der Waals surface area (Å²) in [4.78, 5) is 18.7. The Kier molecular flexibility index (Phi) is 5.61. The molecule has 0 saturated carbocycles. The number of aryl methyl sites for hydroxylation is 1. The Morgan fingerprint density at radius 2 is 1.76 bits per heavy atom. The lowest BCUT2D eigenvalue weighted by Crippen LogP contribution is -2.61. The van der Waals surface area contributed by atoms with Gasteiger partial charge < -0.3 is 19.2 Å². The van der Waals surface area contributed by atoms with Crippen molar-refractivity contribution in [2.45, 2.75) is 63.0 Å². The average Bonchev–Trinajstić information content (AvgIpc) is 3.45. The van der Waals surface area contributed by atoms with Gasteiger partial charge in [0.1, 0.15) is 11.2 Å². The maximum atomic E-state index is 14.3. The van der Waals surface area contributed by atoms with Crippen LogP contribution in [0.5, 0.6) is 0 Å². The van der Waals surface area contributed by atoms with Crippen LogP contribution in [-0.2, 0) is 45.3 Å². The third kappa shape index (κ3) is 4.18. The number of carbonyl (C=O) groups is 1. The van der Waals surface area contributed by atoms with Crippen LogP contribution in [0.25, 0.3) is 0 Å². The van der Waals surface area contributed by atoms with E-state index in [1.54, 1.807) is 39.0 Å². The Labute approximate surface area is 213 Å². The molecule has 1 atom stereocenters. The van der Waals surface area contributed by atoms with Crippen molar-refractivity contribution in [1.82, 2.24) is 14.7 Å². The molecule has 1 fully saturated rings. The first-order valence-corrected chi connectivity index (χ1v) is 11.6. The van der Waals surface area contributed by atoms with Gasteiger partial charge >= 0.3 is 18.4 Å². The number of ether oxygens (including phenoxy) is 2. The number of oxime groups is 1. The van der Waals surface area contributed by atoms with Gasteiger partial charge in [0.2, 0.25) is 0 Å². The number of likely N-dealkylation sites (tertiary alicyclic amines) is 1. The summed E-state index contributed by atoms with van der Waals surface area (Å²) in [7, 11) is 0.991. The first-order valence-electron chi connectivity index (χ1n) is 11.6. The second-order valence-corrected chi connectivity index (χ2v) is 10.7. The molecule has 3 aliphatic heterocycles. The number of hydrogen-bond acceptors (Lipinski definition) is 6. The lowest BCUT2D eigenvalue weighted by atomic mass is 9.84. The fraction of sp³-hybridized carbons (Fsp3) is 0.542. The van der Waals surface area contributed by atoms with Crippen LogP contribution in [0.3, 0.4) is 0 Å². The molecule has 1 aromatic heterocycles. The molecule has 0 bridgehead atoms. The molecule has 0 aliphatic carbocycles. The highest BCUT2D eigenvalue weighted by Crippen LogP contribution is 2.50. The van der Waals surface area contributed by atoms with Crippen LogP contribution < -0.4 is 0 Å². The first kappa shape index (κ1) is 26.3. The van der Waals surface area contributed by atoms with Gasteiger partial charge in [-0.2, -0.15) is 31.4 Å². The highest BCUT2D eigenvalue weighted by Gasteiger charge is 2.64.